The molecule has 22 heavy (non-hydrogen) atoms. The summed E-state index contributed by atoms with van der Waals surface area (Å²) in [4.78, 5) is 23.7. The minimum Gasteiger partial charge on any atom is -0.425 e. The van der Waals surface area contributed by atoms with Gasteiger partial charge in [-0.3, -0.25) is 4.79 Å². The van der Waals surface area contributed by atoms with E-state index in [1.165, 1.54) is 38.5 Å². The van der Waals surface area contributed by atoms with Gasteiger partial charge in [-0.1, -0.05) is 38.5 Å². The SMILES string of the molecule is CC(OC(=O)NCC1CCCCC1)OC(=O)C1CCCCC1. The molecule has 0 heterocycles. The van der Waals surface area contributed by atoms with Crippen LogP contribution in [0.25, 0.3) is 0 Å². The normalized spacial score (nSPS) is 21.9. The van der Waals surface area contributed by atoms with Gasteiger partial charge in [-0.25, -0.2) is 4.79 Å². The van der Waals surface area contributed by atoms with Gasteiger partial charge in [0, 0.05) is 13.5 Å². The third-order valence-electron chi connectivity index (χ3n) is 4.75. The van der Waals surface area contributed by atoms with Gasteiger partial charge in [0.05, 0.1) is 5.92 Å². The van der Waals surface area contributed by atoms with Crippen molar-refractivity contribution in [1.29, 1.82) is 0 Å². The lowest BCUT2D eigenvalue weighted by Gasteiger charge is -2.23. The molecule has 5 heteroatoms. The minimum absolute atomic E-state index is 0.0231. The first kappa shape index (κ1) is 17.1. The first-order valence-electron chi connectivity index (χ1n) is 8.80. The van der Waals surface area contributed by atoms with Crippen LogP contribution in [0.2, 0.25) is 0 Å². The number of hydrogen-bond acceptors (Lipinski definition) is 4. The molecule has 5 nitrogen and oxygen atoms in total. The molecule has 0 aromatic rings. The van der Waals surface area contributed by atoms with Crippen molar-refractivity contribution in [1.82, 2.24) is 5.32 Å². The average Bonchev–Trinajstić information content (AvgIpc) is 2.54. The number of alkyl carbamates (subject to hydrolysis) is 1. The first-order chi connectivity index (χ1) is 10.6. The molecule has 0 saturated heterocycles. The quantitative estimate of drug-likeness (QED) is 0.620. The van der Waals surface area contributed by atoms with Crippen LogP contribution in [-0.2, 0) is 14.3 Å². The molecule has 2 aliphatic rings. The van der Waals surface area contributed by atoms with Crippen molar-refractivity contribution < 1.29 is 19.1 Å². The minimum atomic E-state index is -0.819. The van der Waals surface area contributed by atoms with Crippen molar-refractivity contribution in [2.75, 3.05) is 6.54 Å². The zero-order valence-electron chi connectivity index (χ0n) is 13.6. The van der Waals surface area contributed by atoms with Gasteiger partial charge in [-0.2, -0.15) is 0 Å². The van der Waals surface area contributed by atoms with E-state index in [0.29, 0.717) is 12.5 Å². The first-order valence-corrected chi connectivity index (χ1v) is 8.80. The van der Waals surface area contributed by atoms with E-state index >= 15 is 0 Å². The monoisotopic (exact) mass is 311 g/mol. The Morgan fingerprint density at radius 1 is 0.955 bits per heavy atom. The van der Waals surface area contributed by atoms with E-state index in [9.17, 15) is 9.59 Å². The molecular formula is C17H29NO4. The Kier molecular flexibility index (Phi) is 7.00. The van der Waals surface area contributed by atoms with E-state index in [2.05, 4.69) is 5.32 Å². The molecule has 0 aromatic heterocycles. The molecular weight excluding hydrogens is 282 g/mol. The zero-order chi connectivity index (χ0) is 15.8. The van der Waals surface area contributed by atoms with Crippen LogP contribution < -0.4 is 5.32 Å². The summed E-state index contributed by atoms with van der Waals surface area (Å²) in [6, 6.07) is 0. The van der Waals surface area contributed by atoms with Crippen LogP contribution in [0.5, 0.6) is 0 Å². The highest BCUT2D eigenvalue weighted by atomic mass is 16.7. The number of carbonyl (C=O) groups is 2. The molecule has 126 valence electrons. The van der Waals surface area contributed by atoms with E-state index in [0.717, 1.165) is 25.7 Å². The Morgan fingerprint density at radius 2 is 1.55 bits per heavy atom. The molecule has 1 N–H and O–H groups in total. The highest BCUT2D eigenvalue weighted by molar-refractivity contribution is 5.73. The Morgan fingerprint density at radius 3 is 2.18 bits per heavy atom. The standard InChI is InChI=1S/C17H29NO4/c1-13(21-16(19)15-10-6-3-7-11-15)22-17(20)18-12-14-8-4-2-5-9-14/h13-15H,2-12H2,1H3,(H,18,20). The molecule has 0 bridgehead atoms. The topological polar surface area (TPSA) is 64.6 Å². The summed E-state index contributed by atoms with van der Waals surface area (Å²) in [6.45, 7) is 2.25. The third kappa shape index (κ3) is 5.85. The summed E-state index contributed by atoms with van der Waals surface area (Å²) < 4.78 is 10.3. The highest BCUT2D eigenvalue weighted by Crippen LogP contribution is 2.25. The average molecular weight is 311 g/mol. The van der Waals surface area contributed by atoms with Gasteiger partial charge in [0.25, 0.3) is 0 Å². The lowest BCUT2D eigenvalue weighted by molar-refractivity contribution is -0.171. The number of nitrogens with one attached hydrogen (secondary N) is 1. The van der Waals surface area contributed by atoms with E-state index < -0.39 is 12.4 Å². The molecule has 2 rings (SSSR count). The maximum Gasteiger partial charge on any atom is 0.410 e. The largest absolute Gasteiger partial charge is 0.425 e. The Labute approximate surface area is 133 Å². The smallest absolute Gasteiger partial charge is 0.410 e. The maximum absolute atomic E-state index is 12.0. The van der Waals surface area contributed by atoms with Crippen molar-refractivity contribution in [3.8, 4) is 0 Å². The van der Waals surface area contributed by atoms with Crippen LogP contribution >= 0.6 is 0 Å². The summed E-state index contributed by atoms with van der Waals surface area (Å²) >= 11 is 0. The Hall–Kier alpha value is -1.26. The number of hydrogen-bond donors (Lipinski definition) is 1. The number of rotatable bonds is 5. The van der Waals surface area contributed by atoms with Gasteiger partial charge in [-0.05, 0) is 31.6 Å². The van der Waals surface area contributed by atoms with Crippen LogP contribution in [0.15, 0.2) is 0 Å². The van der Waals surface area contributed by atoms with Crippen molar-refractivity contribution in [3.63, 3.8) is 0 Å². The van der Waals surface area contributed by atoms with Crippen LogP contribution in [0, 0.1) is 11.8 Å². The fourth-order valence-electron chi connectivity index (χ4n) is 3.43. The zero-order valence-corrected chi connectivity index (χ0v) is 13.6. The number of carbonyl (C=O) groups excluding carboxylic acids is 2. The molecule has 1 amide bonds. The molecule has 1 atom stereocenters. The van der Waals surface area contributed by atoms with E-state index in [-0.39, 0.29) is 11.9 Å². The van der Waals surface area contributed by atoms with Crippen LogP contribution in [0.3, 0.4) is 0 Å². The van der Waals surface area contributed by atoms with Crippen LogP contribution in [-0.4, -0.2) is 24.9 Å². The van der Waals surface area contributed by atoms with Crippen molar-refractivity contribution >= 4 is 12.1 Å². The molecule has 0 spiro atoms. The lowest BCUT2D eigenvalue weighted by atomic mass is 9.89. The third-order valence-corrected chi connectivity index (χ3v) is 4.75. The summed E-state index contributed by atoms with van der Waals surface area (Å²) in [7, 11) is 0. The maximum atomic E-state index is 12.0. The molecule has 0 aromatic carbocycles. The van der Waals surface area contributed by atoms with Crippen LogP contribution in [0.1, 0.15) is 71.1 Å². The van der Waals surface area contributed by atoms with E-state index in [4.69, 9.17) is 9.47 Å². The van der Waals surface area contributed by atoms with E-state index in [1.54, 1.807) is 6.92 Å². The molecule has 2 fully saturated rings. The second-order valence-electron chi connectivity index (χ2n) is 6.63. The predicted octanol–water partition coefficient (Wildman–Crippen LogP) is 3.76. The fraction of sp³-hybridized carbons (Fsp3) is 0.882. The highest BCUT2D eigenvalue weighted by Gasteiger charge is 2.25. The summed E-state index contributed by atoms with van der Waals surface area (Å²) in [5.74, 6) is 0.304. The van der Waals surface area contributed by atoms with E-state index in [1.807, 2.05) is 0 Å². The molecule has 0 radical (unpaired) electrons. The van der Waals surface area contributed by atoms with Gasteiger partial charge in [0.1, 0.15) is 0 Å². The fourth-order valence-corrected chi connectivity index (χ4v) is 3.43. The van der Waals surface area contributed by atoms with Crippen LogP contribution in [0.4, 0.5) is 4.79 Å². The number of ether oxygens (including phenoxy) is 2. The predicted molar refractivity (Wildman–Crippen MR) is 83.2 cm³/mol. The lowest BCUT2D eigenvalue weighted by Crippen LogP contribution is -2.34. The van der Waals surface area contributed by atoms with Gasteiger partial charge in [0.2, 0.25) is 6.29 Å². The molecule has 2 aliphatic carbocycles. The molecule has 2 saturated carbocycles. The summed E-state index contributed by atoms with van der Waals surface area (Å²) in [5.41, 5.74) is 0. The molecule has 0 aliphatic heterocycles. The van der Waals surface area contributed by atoms with Crippen molar-refractivity contribution in [2.45, 2.75) is 77.4 Å². The summed E-state index contributed by atoms with van der Waals surface area (Å²) in [5, 5.41) is 2.78. The van der Waals surface area contributed by atoms with Gasteiger partial charge < -0.3 is 14.8 Å². The van der Waals surface area contributed by atoms with Gasteiger partial charge in [-0.15, -0.1) is 0 Å². The summed E-state index contributed by atoms with van der Waals surface area (Å²) in [6.07, 6.45) is 9.96. The molecule has 1 unspecified atom stereocenters. The second kappa shape index (κ2) is 9.01. The second-order valence-corrected chi connectivity index (χ2v) is 6.63. The Bertz CT molecular complexity index is 360. The number of esters is 1. The van der Waals surface area contributed by atoms with Crippen molar-refractivity contribution in [2.24, 2.45) is 11.8 Å². The van der Waals surface area contributed by atoms with Gasteiger partial charge >= 0.3 is 12.1 Å². The number of amides is 1. The Balaban J connectivity index is 1.61. The van der Waals surface area contributed by atoms with Crippen molar-refractivity contribution in [3.05, 3.63) is 0 Å². The van der Waals surface area contributed by atoms with Gasteiger partial charge in [0.15, 0.2) is 0 Å².